The van der Waals surface area contributed by atoms with Gasteiger partial charge in [0.2, 0.25) is 0 Å². The number of halogens is 2. The van der Waals surface area contributed by atoms with Crippen LogP contribution >= 0.6 is 15.9 Å². The van der Waals surface area contributed by atoms with E-state index in [1.165, 1.54) is 12.1 Å². The second-order valence-electron chi connectivity index (χ2n) is 5.34. The summed E-state index contributed by atoms with van der Waals surface area (Å²) in [6.45, 7) is 6.97. The Morgan fingerprint density at radius 2 is 1.95 bits per heavy atom. The van der Waals surface area contributed by atoms with Crippen LogP contribution in [0.4, 0.5) is 4.39 Å². The average Bonchev–Trinajstić information content (AvgIpc) is 2.38. The van der Waals surface area contributed by atoms with Gasteiger partial charge in [0.15, 0.2) is 0 Å². The fourth-order valence-electron chi connectivity index (χ4n) is 1.90. The van der Waals surface area contributed by atoms with Crippen molar-refractivity contribution in [3.63, 3.8) is 0 Å². The second-order valence-corrected chi connectivity index (χ2v) is 6.26. The van der Waals surface area contributed by atoms with Crippen molar-refractivity contribution in [1.82, 2.24) is 5.32 Å². The van der Waals surface area contributed by atoms with Gasteiger partial charge in [0.1, 0.15) is 17.3 Å². The average molecular weight is 352 g/mol. The summed E-state index contributed by atoms with van der Waals surface area (Å²) in [6.07, 6.45) is 0. The summed E-state index contributed by atoms with van der Waals surface area (Å²) >= 11 is 3.27. The van der Waals surface area contributed by atoms with Crippen molar-refractivity contribution in [3.05, 3.63) is 57.8 Å². The van der Waals surface area contributed by atoms with Crippen molar-refractivity contribution in [2.24, 2.45) is 0 Å². The molecule has 0 spiro atoms. The molecule has 0 bridgehead atoms. The van der Waals surface area contributed by atoms with Gasteiger partial charge in [0.05, 0.1) is 0 Å². The highest BCUT2D eigenvalue weighted by atomic mass is 79.9. The van der Waals surface area contributed by atoms with Crippen LogP contribution in [0, 0.1) is 12.7 Å². The number of rotatable bonds is 5. The highest BCUT2D eigenvalue weighted by Crippen LogP contribution is 2.29. The Hall–Kier alpha value is -1.39. The summed E-state index contributed by atoms with van der Waals surface area (Å²) in [6, 6.07) is 11.0. The van der Waals surface area contributed by atoms with Crippen LogP contribution in [0.25, 0.3) is 0 Å². The third-order valence-corrected chi connectivity index (χ3v) is 3.49. The standard InChI is InChI=1S/C17H19BrFNO/c1-11(2)20-10-13-5-4-12(3)17(6-13)21-16-8-14(18)7-15(19)9-16/h4-9,11,20H,10H2,1-3H3. The van der Waals surface area contributed by atoms with Crippen molar-refractivity contribution in [1.29, 1.82) is 0 Å². The highest BCUT2D eigenvalue weighted by Gasteiger charge is 2.06. The lowest BCUT2D eigenvalue weighted by molar-refractivity contribution is 0.471. The van der Waals surface area contributed by atoms with E-state index < -0.39 is 0 Å². The molecule has 2 aromatic carbocycles. The Bertz CT molecular complexity index is 608. The van der Waals surface area contributed by atoms with Crippen LogP contribution < -0.4 is 10.1 Å². The monoisotopic (exact) mass is 351 g/mol. The minimum absolute atomic E-state index is 0.324. The first-order valence-corrected chi connectivity index (χ1v) is 7.70. The molecule has 0 aromatic heterocycles. The first-order valence-electron chi connectivity index (χ1n) is 6.91. The zero-order valence-electron chi connectivity index (χ0n) is 12.4. The van der Waals surface area contributed by atoms with E-state index in [1.54, 1.807) is 6.07 Å². The topological polar surface area (TPSA) is 21.3 Å². The quantitative estimate of drug-likeness (QED) is 0.800. The predicted octanol–water partition coefficient (Wildman–Crippen LogP) is 5.19. The maximum absolute atomic E-state index is 13.4. The number of aryl methyl sites for hydroxylation is 1. The molecule has 0 unspecified atom stereocenters. The van der Waals surface area contributed by atoms with E-state index in [0.29, 0.717) is 16.3 Å². The molecule has 0 aliphatic rings. The Morgan fingerprint density at radius 3 is 2.62 bits per heavy atom. The second kappa shape index (κ2) is 7.05. The summed E-state index contributed by atoms with van der Waals surface area (Å²) in [5, 5.41) is 3.37. The molecule has 0 aliphatic heterocycles. The largest absolute Gasteiger partial charge is 0.457 e. The molecule has 2 nitrogen and oxygen atoms in total. The van der Waals surface area contributed by atoms with Gasteiger partial charge in [-0.05, 0) is 36.2 Å². The van der Waals surface area contributed by atoms with Crippen LogP contribution in [0.3, 0.4) is 0 Å². The summed E-state index contributed by atoms with van der Waals surface area (Å²) in [7, 11) is 0. The highest BCUT2D eigenvalue weighted by molar-refractivity contribution is 9.10. The minimum Gasteiger partial charge on any atom is -0.457 e. The van der Waals surface area contributed by atoms with Gasteiger partial charge in [0, 0.05) is 23.1 Å². The lowest BCUT2D eigenvalue weighted by Crippen LogP contribution is -2.21. The summed E-state index contributed by atoms with van der Waals surface area (Å²) < 4.78 is 19.9. The Labute approximate surface area is 133 Å². The number of hydrogen-bond acceptors (Lipinski definition) is 2. The first-order chi connectivity index (χ1) is 9.94. The van der Waals surface area contributed by atoms with E-state index in [2.05, 4.69) is 41.2 Å². The molecule has 0 heterocycles. The molecule has 0 saturated heterocycles. The van der Waals surface area contributed by atoms with Gasteiger partial charge in [-0.3, -0.25) is 0 Å². The normalized spacial score (nSPS) is 11.0. The molecule has 2 rings (SSSR count). The summed E-state index contributed by atoms with van der Waals surface area (Å²) in [5.74, 6) is 0.907. The molecule has 4 heteroatoms. The predicted molar refractivity (Wildman–Crippen MR) is 87.3 cm³/mol. The van der Waals surface area contributed by atoms with Gasteiger partial charge >= 0.3 is 0 Å². The van der Waals surface area contributed by atoms with Gasteiger partial charge in [-0.15, -0.1) is 0 Å². The van der Waals surface area contributed by atoms with E-state index in [4.69, 9.17) is 4.74 Å². The first kappa shape index (κ1) is 16.0. The third-order valence-electron chi connectivity index (χ3n) is 3.03. The fourth-order valence-corrected chi connectivity index (χ4v) is 2.35. The van der Waals surface area contributed by atoms with Crippen molar-refractivity contribution in [2.75, 3.05) is 0 Å². The van der Waals surface area contributed by atoms with E-state index in [1.807, 2.05) is 19.1 Å². The SMILES string of the molecule is Cc1ccc(CNC(C)C)cc1Oc1cc(F)cc(Br)c1. The summed E-state index contributed by atoms with van der Waals surface area (Å²) in [5.41, 5.74) is 2.16. The Kier molecular flexibility index (Phi) is 5.37. The van der Waals surface area contributed by atoms with Crippen molar-refractivity contribution >= 4 is 15.9 Å². The number of ether oxygens (including phenoxy) is 1. The molecule has 0 fully saturated rings. The van der Waals surface area contributed by atoms with Crippen molar-refractivity contribution < 1.29 is 9.13 Å². The molecule has 2 aromatic rings. The van der Waals surface area contributed by atoms with E-state index in [9.17, 15) is 4.39 Å². The Morgan fingerprint density at radius 1 is 1.19 bits per heavy atom. The van der Waals surface area contributed by atoms with Gasteiger partial charge in [0.25, 0.3) is 0 Å². The zero-order valence-corrected chi connectivity index (χ0v) is 14.0. The van der Waals surface area contributed by atoms with Gasteiger partial charge in [-0.2, -0.15) is 0 Å². The molecule has 112 valence electrons. The molecule has 0 amide bonds. The van der Waals surface area contributed by atoms with E-state index >= 15 is 0 Å². The summed E-state index contributed by atoms with van der Waals surface area (Å²) in [4.78, 5) is 0. The zero-order chi connectivity index (χ0) is 15.4. The van der Waals surface area contributed by atoms with Gasteiger partial charge in [-0.25, -0.2) is 4.39 Å². The Balaban J connectivity index is 2.20. The number of hydrogen-bond donors (Lipinski definition) is 1. The smallest absolute Gasteiger partial charge is 0.131 e. The number of benzene rings is 2. The maximum Gasteiger partial charge on any atom is 0.131 e. The third kappa shape index (κ3) is 4.83. The lowest BCUT2D eigenvalue weighted by Gasteiger charge is -2.13. The van der Waals surface area contributed by atoms with Gasteiger partial charge < -0.3 is 10.1 Å². The van der Waals surface area contributed by atoms with Crippen molar-refractivity contribution in [3.8, 4) is 11.5 Å². The maximum atomic E-state index is 13.4. The molecule has 1 N–H and O–H groups in total. The van der Waals surface area contributed by atoms with Crippen LogP contribution in [0.1, 0.15) is 25.0 Å². The van der Waals surface area contributed by atoms with Gasteiger partial charge in [-0.1, -0.05) is 41.9 Å². The van der Waals surface area contributed by atoms with Crippen molar-refractivity contribution in [2.45, 2.75) is 33.4 Å². The molecule has 0 aliphatic carbocycles. The van der Waals surface area contributed by atoms with E-state index in [0.717, 1.165) is 23.4 Å². The van der Waals surface area contributed by atoms with Crippen LogP contribution in [0.5, 0.6) is 11.5 Å². The molecular formula is C17H19BrFNO. The molecule has 0 atom stereocenters. The van der Waals surface area contributed by atoms with Crippen LogP contribution in [0.2, 0.25) is 0 Å². The molecular weight excluding hydrogens is 333 g/mol. The molecule has 0 radical (unpaired) electrons. The van der Waals surface area contributed by atoms with Crippen LogP contribution in [-0.4, -0.2) is 6.04 Å². The van der Waals surface area contributed by atoms with Crippen LogP contribution in [0.15, 0.2) is 40.9 Å². The number of nitrogens with one attached hydrogen (secondary N) is 1. The van der Waals surface area contributed by atoms with Crippen LogP contribution in [-0.2, 0) is 6.54 Å². The van der Waals surface area contributed by atoms with E-state index in [-0.39, 0.29) is 5.82 Å². The minimum atomic E-state index is -0.324. The molecule has 0 saturated carbocycles. The fraction of sp³-hybridized carbons (Fsp3) is 0.294. The lowest BCUT2D eigenvalue weighted by atomic mass is 10.1. The molecule has 21 heavy (non-hydrogen) atoms.